The molecule has 1 aromatic carbocycles. The Morgan fingerprint density at radius 1 is 1.33 bits per heavy atom. The molecule has 7 heteroatoms. The van der Waals surface area contributed by atoms with Gasteiger partial charge in [0.25, 0.3) is 5.22 Å². The zero-order chi connectivity index (χ0) is 18.8. The number of hydrogen-bond donors (Lipinski definition) is 1. The van der Waals surface area contributed by atoms with Crippen LogP contribution in [0, 0.1) is 11.3 Å². The molecule has 0 fully saturated rings. The molecular formula is C20H19N3O2S2. The Balaban J connectivity index is 1.49. The highest BCUT2D eigenvalue weighted by Gasteiger charge is 2.24. The number of fused-ring (bicyclic) bond motifs is 2. The maximum Gasteiger partial charge on any atom is 0.257 e. The molecule has 1 amide bonds. The lowest BCUT2D eigenvalue weighted by atomic mass is 10.1. The molecule has 0 bridgehead atoms. The third-order valence-corrected chi connectivity index (χ3v) is 6.84. The molecule has 0 saturated heterocycles. The van der Waals surface area contributed by atoms with E-state index in [1.807, 2.05) is 31.2 Å². The molecule has 0 saturated carbocycles. The molecule has 1 unspecified atom stereocenters. The highest BCUT2D eigenvalue weighted by Crippen LogP contribution is 2.37. The van der Waals surface area contributed by atoms with Crippen molar-refractivity contribution < 1.29 is 9.21 Å². The van der Waals surface area contributed by atoms with Gasteiger partial charge in [-0.2, -0.15) is 5.26 Å². The van der Waals surface area contributed by atoms with Crippen LogP contribution in [0.2, 0.25) is 0 Å². The minimum atomic E-state index is -0.383. The number of thiophene rings is 1. The molecule has 5 nitrogen and oxygen atoms in total. The predicted octanol–water partition coefficient (Wildman–Crippen LogP) is 5.15. The number of benzene rings is 1. The van der Waals surface area contributed by atoms with Gasteiger partial charge in [0.1, 0.15) is 16.6 Å². The first-order valence-corrected chi connectivity index (χ1v) is 10.7. The number of rotatable bonds is 4. The molecule has 2 heterocycles. The zero-order valence-electron chi connectivity index (χ0n) is 14.9. The molecule has 138 valence electrons. The maximum absolute atomic E-state index is 12.7. The van der Waals surface area contributed by atoms with Gasteiger partial charge in [-0.1, -0.05) is 30.3 Å². The van der Waals surface area contributed by atoms with Gasteiger partial charge in [-0.05, 0) is 50.3 Å². The fraction of sp³-hybridized carbons (Fsp3) is 0.350. The molecular weight excluding hydrogens is 378 g/mol. The SMILES string of the molecule is CC(Sc1nc2ccccc2o1)C(=O)Nc1sc2c(c1C#N)CCCCC2. The number of para-hydroxylation sites is 2. The Labute approximate surface area is 165 Å². The summed E-state index contributed by atoms with van der Waals surface area (Å²) >= 11 is 2.83. The molecule has 4 rings (SSSR count). The van der Waals surface area contributed by atoms with Gasteiger partial charge in [0, 0.05) is 4.88 Å². The summed E-state index contributed by atoms with van der Waals surface area (Å²) in [5.74, 6) is -0.143. The number of aromatic nitrogens is 1. The third-order valence-electron chi connectivity index (χ3n) is 4.69. The van der Waals surface area contributed by atoms with Gasteiger partial charge in [-0.3, -0.25) is 4.79 Å². The fourth-order valence-corrected chi connectivity index (χ4v) is 5.27. The van der Waals surface area contributed by atoms with Crippen molar-refractivity contribution in [2.24, 2.45) is 0 Å². The number of carbonyl (C=O) groups excluding carboxylic acids is 1. The van der Waals surface area contributed by atoms with E-state index in [9.17, 15) is 10.1 Å². The van der Waals surface area contributed by atoms with Crippen LogP contribution >= 0.6 is 23.1 Å². The van der Waals surface area contributed by atoms with E-state index in [1.54, 1.807) is 11.3 Å². The highest BCUT2D eigenvalue weighted by molar-refractivity contribution is 8.00. The van der Waals surface area contributed by atoms with Crippen molar-refractivity contribution in [1.29, 1.82) is 5.26 Å². The molecule has 0 aliphatic heterocycles. The van der Waals surface area contributed by atoms with E-state index >= 15 is 0 Å². The monoisotopic (exact) mass is 397 g/mol. The quantitative estimate of drug-likeness (QED) is 0.486. The molecule has 27 heavy (non-hydrogen) atoms. The normalized spacial score (nSPS) is 15.0. The summed E-state index contributed by atoms with van der Waals surface area (Å²) in [6.45, 7) is 1.82. The molecule has 1 N–H and O–H groups in total. The first kappa shape index (κ1) is 18.1. The minimum Gasteiger partial charge on any atom is -0.431 e. The second-order valence-electron chi connectivity index (χ2n) is 6.58. The Morgan fingerprint density at radius 2 is 2.15 bits per heavy atom. The number of hydrogen-bond acceptors (Lipinski definition) is 6. The van der Waals surface area contributed by atoms with E-state index in [0.717, 1.165) is 36.8 Å². The number of anilines is 1. The average Bonchev–Trinajstić information content (AvgIpc) is 3.13. The lowest BCUT2D eigenvalue weighted by molar-refractivity contribution is -0.115. The topological polar surface area (TPSA) is 78.9 Å². The van der Waals surface area contributed by atoms with Crippen LogP contribution in [0.3, 0.4) is 0 Å². The van der Waals surface area contributed by atoms with Crippen LogP contribution < -0.4 is 5.32 Å². The van der Waals surface area contributed by atoms with Crippen molar-refractivity contribution in [3.63, 3.8) is 0 Å². The van der Waals surface area contributed by atoms with Crippen LogP contribution in [0.5, 0.6) is 0 Å². The third kappa shape index (κ3) is 3.73. The predicted molar refractivity (Wildman–Crippen MR) is 108 cm³/mol. The second-order valence-corrected chi connectivity index (χ2v) is 8.97. The summed E-state index contributed by atoms with van der Waals surface area (Å²) in [6, 6.07) is 9.83. The lowest BCUT2D eigenvalue weighted by Gasteiger charge is -2.09. The molecule has 0 spiro atoms. The minimum absolute atomic E-state index is 0.143. The number of amides is 1. The molecule has 1 aliphatic carbocycles. The summed E-state index contributed by atoms with van der Waals surface area (Å²) in [6.07, 6.45) is 5.38. The Bertz CT molecular complexity index is 999. The van der Waals surface area contributed by atoms with Gasteiger partial charge in [-0.25, -0.2) is 4.98 Å². The van der Waals surface area contributed by atoms with Gasteiger partial charge in [0.15, 0.2) is 5.58 Å². The van der Waals surface area contributed by atoms with Gasteiger partial charge < -0.3 is 9.73 Å². The average molecular weight is 398 g/mol. The number of oxazole rings is 1. The van der Waals surface area contributed by atoms with Crippen LogP contribution in [0.25, 0.3) is 11.1 Å². The first-order valence-electron chi connectivity index (χ1n) is 9.03. The maximum atomic E-state index is 12.7. The van der Waals surface area contributed by atoms with E-state index < -0.39 is 0 Å². The number of thioether (sulfide) groups is 1. The van der Waals surface area contributed by atoms with E-state index in [2.05, 4.69) is 16.4 Å². The van der Waals surface area contributed by atoms with Gasteiger partial charge in [0.2, 0.25) is 5.91 Å². The number of aryl methyl sites for hydroxylation is 1. The Morgan fingerprint density at radius 3 is 2.96 bits per heavy atom. The number of carbonyl (C=O) groups is 1. The van der Waals surface area contributed by atoms with Gasteiger partial charge >= 0.3 is 0 Å². The molecule has 2 aromatic heterocycles. The van der Waals surface area contributed by atoms with E-state index in [4.69, 9.17) is 4.42 Å². The fourth-order valence-electron chi connectivity index (χ4n) is 3.27. The van der Waals surface area contributed by atoms with Crippen molar-refractivity contribution in [3.8, 4) is 6.07 Å². The van der Waals surface area contributed by atoms with Crippen molar-refractivity contribution in [1.82, 2.24) is 4.98 Å². The van der Waals surface area contributed by atoms with E-state index in [-0.39, 0.29) is 11.2 Å². The van der Waals surface area contributed by atoms with Crippen molar-refractivity contribution >= 4 is 45.1 Å². The molecule has 3 aromatic rings. The Hall–Kier alpha value is -2.30. The summed E-state index contributed by atoms with van der Waals surface area (Å²) in [4.78, 5) is 18.3. The van der Waals surface area contributed by atoms with Gasteiger partial charge in [0.05, 0.1) is 10.8 Å². The van der Waals surface area contributed by atoms with Crippen LogP contribution in [0.15, 0.2) is 33.9 Å². The van der Waals surface area contributed by atoms with Crippen LogP contribution in [-0.2, 0) is 17.6 Å². The van der Waals surface area contributed by atoms with Crippen molar-refractivity contribution in [3.05, 3.63) is 40.3 Å². The van der Waals surface area contributed by atoms with Crippen molar-refractivity contribution in [2.45, 2.75) is 49.5 Å². The number of nitriles is 1. The molecule has 0 radical (unpaired) electrons. The van der Waals surface area contributed by atoms with E-state index in [0.29, 0.717) is 21.4 Å². The largest absolute Gasteiger partial charge is 0.431 e. The number of nitrogens with zero attached hydrogens (tertiary/aromatic N) is 2. The Kier molecular flexibility index (Phi) is 5.19. The lowest BCUT2D eigenvalue weighted by Crippen LogP contribution is -2.22. The van der Waals surface area contributed by atoms with Crippen LogP contribution in [0.1, 0.15) is 42.2 Å². The summed E-state index contributed by atoms with van der Waals surface area (Å²) < 4.78 is 5.69. The van der Waals surface area contributed by atoms with Gasteiger partial charge in [-0.15, -0.1) is 11.3 Å². The van der Waals surface area contributed by atoms with E-state index in [1.165, 1.54) is 23.1 Å². The zero-order valence-corrected chi connectivity index (χ0v) is 16.6. The first-order chi connectivity index (χ1) is 13.2. The highest BCUT2D eigenvalue weighted by atomic mass is 32.2. The summed E-state index contributed by atoms with van der Waals surface area (Å²) in [5, 5.41) is 13.3. The molecule has 1 aliphatic rings. The summed E-state index contributed by atoms with van der Waals surface area (Å²) in [7, 11) is 0. The standard InChI is InChI=1S/C20H19N3O2S2/c1-12(26-20-22-15-8-5-6-9-16(15)25-20)18(24)23-19-14(11-21)13-7-3-2-4-10-17(13)27-19/h5-6,8-9,12H,2-4,7,10H2,1H3,(H,23,24). The van der Waals surface area contributed by atoms with Crippen molar-refractivity contribution in [2.75, 3.05) is 5.32 Å². The molecule has 1 atom stereocenters. The van der Waals surface area contributed by atoms with Crippen LogP contribution in [-0.4, -0.2) is 16.1 Å². The number of nitrogens with one attached hydrogen (secondary N) is 1. The summed E-state index contributed by atoms with van der Waals surface area (Å²) in [5.41, 5.74) is 3.27. The second kappa shape index (κ2) is 7.75. The van der Waals surface area contributed by atoms with Crippen LogP contribution in [0.4, 0.5) is 5.00 Å². The smallest absolute Gasteiger partial charge is 0.257 e.